The first-order valence-corrected chi connectivity index (χ1v) is 7.44. The largest absolute Gasteiger partial charge is 0.507 e. The zero-order valence-electron chi connectivity index (χ0n) is 14.5. The molecule has 0 saturated carbocycles. The van der Waals surface area contributed by atoms with Crippen molar-refractivity contribution in [1.82, 2.24) is 0 Å². The minimum Gasteiger partial charge on any atom is -0.507 e. The van der Waals surface area contributed by atoms with Crippen molar-refractivity contribution in [2.45, 2.75) is 72.6 Å². The number of hydrogen-bond acceptors (Lipinski definition) is 1. The molecule has 20 heavy (non-hydrogen) atoms. The van der Waals surface area contributed by atoms with E-state index in [2.05, 4.69) is 74.4 Å². The van der Waals surface area contributed by atoms with E-state index in [0.717, 1.165) is 23.1 Å². The first-order valence-electron chi connectivity index (χ1n) is 7.44. The predicted molar refractivity (Wildman–Crippen MR) is 88.4 cm³/mol. The highest BCUT2D eigenvalue weighted by molar-refractivity contribution is 5.52. The number of rotatable bonds is 2. The molecule has 0 unspecified atom stereocenters. The van der Waals surface area contributed by atoms with Crippen LogP contribution in [0, 0.1) is 12.3 Å². The molecule has 0 atom stereocenters. The topological polar surface area (TPSA) is 20.2 Å². The van der Waals surface area contributed by atoms with Crippen molar-refractivity contribution < 1.29 is 5.11 Å². The van der Waals surface area contributed by atoms with Crippen molar-refractivity contribution in [2.75, 3.05) is 0 Å². The number of phenols is 1. The van der Waals surface area contributed by atoms with Gasteiger partial charge < -0.3 is 5.11 Å². The SMILES string of the molecule is [CH2]c1c(C(C)(C)CC(C)(C)C)ccc(C(C)(C)C)c1O. The highest BCUT2D eigenvalue weighted by Gasteiger charge is 2.30. The Hall–Kier alpha value is -0.980. The summed E-state index contributed by atoms with van der Waals surface area (Å²) < 4.78 is 0. The van der Waals surface area contributed by atoms with Crippen LogP contribution >= 0.6 is 0 Å². The average molecular weight is 275 g/mol. The van der Waals surface area contributed by atoms with Gasteiger partial charge in [0, 0.05) is 0 Å². The number of benzene rings is 1. The molecule has 113 valence electrons. The minimum atomic E-state index is -0.0662. The van der Waals surface area contributed by atoms with Gasteiger partial charge in [0.25, 0.3) is 0 Å². The fourth-order valence-corrected chi connectivity index (χ4v) is 3.30. The zero-order chi connectivity index (χ0) is 15.9. The van der Waals surface area contributed by atoms with Gasteiger partial charge in [-0.05, 0) is 46.3 Å². The van der Waals surface area contributed by atoms with Crippen LogP contribution in [-0.4, -0.2) is 5.11 Å². The van der Waals surface area contributed by atoms with E-state index < -0.39 is 0 Å². The molecule has 1 N–H and O–H groups in total. The van der Waals surface area contributed by atoms with E-state index in [1.165, 1.54) is 0 Å². The van der Waals surface area contributed by atoms with Crippen molar-refractivity contribution in [3.8, 4) is 5.75 Å². The summed E-state index contributed by atoms with van der Waals surface area (Å²) in [6.07, 6.45) is 1.05. The van der Waals surface area contributed by atoms with Crippen LogP contribution in [0.15, 0.2) is 12.1 Å². The normalized spacial score (nSPS) is 13.7. The Morgan fingerprint density at radius 1 is 0.900 bits per heavy atom. The fraction of sp³-hybridized carbons (Fsp3) is 0.632. The third-order valence-electron chi connectivity index (χ3n) is 3.79. The van der Waals surface area contributed by atoms with Gasteiger partial charge in [0.15, 0.2) is 0 Å². The second kappa shape index (κ2) is 5.09. The highest BCUT2D eigenvalue weighted by Crippen LogP contribution is 2.42. The molecule has 0 saturated heterocycles. The van der Waals surface area contributed by atoms with Crippen LogP contribution in [0.3, 0.4) is 0 Å². The fourth-order valence-electron chi connectivity index (χ4n) is 3.30. The number of phenolic OH excluding ortho intramolecular Hbond substituents is 1. The third-order valence-corrected chi connectivity index (χ3v) is 3.79. The van der Waals surface area contributed by atoms with Gasteiger partial charge in [-0.25, -0.2) is 0 Å². The molecule has 0 aliphatic heterocycles. The van der Waals surface area contributed by atoms with Gasteiger partial charge in [0.05, 0.1) is 0 Å². The lowest BCUT2D eigenvalue weighted by molar-refractivity contribution is 0.283. The lowest BCUT2D eigenvalue weighted by Crippen LogP contribution is -2.26. The molecule has 1 aromatic rings. The van der Waals surface area contributed by atoms with Crippen LogP contribution in [-0.2, 0) is 10.8 Å². The van der Waals surface area contributed by atoms with Crippen LogP contribution in [0.2, 0.25) is 0 Å². The standard InChI is InChI=1S/C19H31O/c1-13-14(19(8,9)12-17(2,3)4)10-11-15(16(13)20)18(5,6)7/h10-11,20H,1,12H2,2-9H3. The maximum Gasteiger partial charge on any atom is 0.122 e. The molecule has 0 aliphatic carbocycles. The van der Waals surface area contributed by atoms with Crippen LogP contribution in [0.4, 0.5) is 0 Å². The molecule has 1 aromatic carbocycles. The molecule has 0 fully saturated rings. The molecule has 0 aliphatic rings. The number of aromatic hydroxyl groups is 1. The summed E-state index contributed by atoms with van der Waals surface area (Å²) in [6, 6.07) is 4.21. The third kappa shape index (κ3) is 3.77. The first-order chi connectivity index (χ1) is 8.76. The van der Waals surface area contributed by atoms with Crippen LogP contribution in [0.5, 0.6) is 5.75 Å². The Kier molecular flexibility index (Phi) is 4.35. The monoisotopic (exact) mass is 275 g/mol. The minimum absolute atomic E-state index is 0.00320. The van der Waals surface area contributed by atoms with Crippen LogP contribution in [0.1, 0.15) is 78.5 Å². The molecule has 0 spiro atoms. The summed E-state index contributed by atoms with van der Waals surface area (Å²) in [7, 11) is 0. The first kappa shape index (κ1) is 17.1. The van der Waals surface area contributed by atoms with E-state index in [1.807, 2.05) is 0 Å². The van der Waals surface area contributed by atoms with Crippen molar-refractivity contribution in [3.63, 3.8) is 0 Å². The highest BCUT2D eigenvalue weighted by atomic mass is 16.3. The second-order valence-corrected chi connectivity index (χ2v) is 8.86. The Morgan fingerprint density at radius 3 is 1.75 bits per heavy atom. The molecule has 1 rings (SSSR count). The molecule has 0 amide bonds. The molecule has 1 nitrogen and oxygen atoms in total. The summed E-state index contributed by atoms with van der Waals surface area (Å²) in [4.78, 5) is 0. The summed E-state index contributed by atoms with van der Waals surface area (Å²) in [6.45, 7) is 21.7. The summed E-state index contributed by atoms with van der Waals surface area (Å²) in [5.41, 5.74) is 3.09. The predicted octanol–water partition coefficient (Wildman–Crippen LogP) is 5.59. The van der Waals surface area contributed by atoms with Crippen molar-refractivity contribution in [1.29, 1.82) is 0 Å². The van der Waals surface area contributed by atoms with Gasteiger partial charge in [0.1, 0.15) is 5.75 Å². The second-order valence-electron chi connectivity index (χ2n) is 8.86. The van der Waals surface area contributed by atoms with Gasteiger partial charge in [-0.3, -0.25) is 0 Å². The lowest BCUT2D eigenvalue weighted by atomic mass is 9.70. The van der Waals surface area contributed by atoms with Gasteiger partial charge >= 0.3 is 0 Å². The number of hydrogen-bond donors (Lipinski definition) is 1. The average Bonchev–Trinajstić information content (AvgIpc) is 2.15. The summed E-state index contributed by atoms with van der Waals surface area (Å²) in [5.74, 6) is 0.358. The van der Waals surface area contributed by atoms with Gasteiger partial charge in [0.2, 0.25) is 0 Å². The van der Waals surface area contributed by atoms with Gasteiger partial charge in [-0.15, -0.1) is 0 Å². The van der Waals surface area contributed by atoms with E-state index in [1.54, 1.807) is 0 Å². The maximum atomic E-state index is 10.5. The smallest absolute Gasteiger partial charge is 0.122 e. The molecule has 0 heterocycles. The zero-order valence-corrected chi connectivity index (χ0v) is 14.5. The van der Waals surface area contributed by atoms with Gasteiger partial charge in [-0.2, -0.15) is 0 Å². The van der Waals surface area contributed by atoms with E-state index >= 15 is 0 Å². The Labute approximate surface area is 125 Å². The molecular formula is C19H31O. The Balaban J connectivity index is 3.33. The molecule has 1 radical (unpaired) electrons. The van der Waals surface area contributed by atoms with E-state index in [9.17, 15) is 5.11 Å². The molecule has 0 aromatic heterocycles. The van der Waals surface area contributed by atoms with E-state index in [0.29, 0.717) is 5.75 Å². The van der Waals surface area contributed by atoms with E-state index in [4.69, 9.17) is 0 Å². The summed E-state index contributed by atoms with van der Waals surface area (Å²) in [5, 5.41) is 10.5. The maximum absolute atomic E-state index is 10.5. The van der Waals surface area contributed by atoms with Crippen LogP contribution in [0.25, 0.3) is 0 Å². The summed E-state index contributed by atoms with van der Waals surface area (Å²) >= 11 is 0. The van der Waals surface area contributed by atoms with Crippen molar-refractivity contribution >= 4 is 0 Å². The lowest BCUT2D eigenvalue weighted by Gasteiger charge is -2.35. The van der Waals surface area contributed by atoms with Crippen molar-refractivity contribution in [3.05, 3.63) is 35.7 Å². The van der Waals surface area contributed by atoms with Crippen LogP contribution < -0.4 is 0 Å². The van der Waals surface area contributed by atoms with E-state index in [-0.39, 0.29) is 16.2 Å². The van der Waals surface area contributed by atoms with Crippen molar-refractivity contribution in [2.24, 2.45) is 5.41 Å². The molecule has 1 heteroatoms. The van der Waals surface area contributed by atoms with Gasteiger partial charge in [-0.1, -0.05) is 67.5 Å². The quantitative estimate of drug-likeness (QED) is 0.746. The molecule has 0 bridgehead atoms. The Morgan fingerprint density at radius 2 is 1.35 bits per heavy atom. The Bertz CT molecular complexity index is 482. The molecular weight excluding hydrogens is 244 g/mol.